The van der Waals surface area contributed by atoms with Crippen LogP contribution in [0.5, 0.6) is 5.75 Å². The Balaban J connectivity index is 1.18. The van der Waals surface area contributed by atoms with Gasteiger partial charge in [0.05, 0.1) is 21.1 Å². The molecule has 2 aliphatic rings. The largest absolute Gasteiger partial charge is 0.486 e. The lowest BCUT2D eigenvalue weighted by Gasteiger charge is -2.49. The molecule has 0 spiro atoms. The molecule has 1 aliphatic carbocycles. The fourth-order valence-electron chi connectivity index (χ4n) is 4.86. The van der Waals surface area contributed by atoms with E-state index in [2.05, 4.69) is 44.5 Å². The summed E-state index contributed by atoms with van der Waals surface area (Å²) < 4.78 is 6.19. The van der Waals surface area contributed by atoms with E-state index in [1.807, 2.05) is 31.3 Å². The molecule has 1 saturated carbocycles. The van der Waals surface area contributed by atoms with Gasteiger partial charge in [-0.15, -0.1) is 0 Å². The van der Waals surface area contributed by atoms with Gasteiger partial charge in [0.25, 0.3) is 0 Å². The minimum atomic E-state index is -0.345. The second-order valence-electron chi connectivity index (χ2n) is 10.2. The molecule has 1 saturated heterocycles. The first-order valence-electron chi connectivity index (χ1n) is 12.3. The van der Waals surface area contributed by atoms with E-state index >= 15 is 0 Å². The Bertz CT molecular complexity index is 1380. The van der Waals surface area contributed by atoms with Crippen molar-refractivity contribution in [3.63, 3.8) is 0 Å². The molecule has 2 N–H and O–H groups in total. The summed E-state index contributed by atoms with van der Waals surface area (Å²) in [5.74, 6) is 2.58. The van der Waals surface area contributed by atoms with Crippen LogP contribution in [0.25, 0.3) is 22.2 Å². The molecule has 1 aromatic carbocycles. The van der Waals surface area contributed by atoms with E-state index in [9.17, 15) is 0 Å². The summed E-state index contributed by atoms with van der Waals surface area (Å²) in [6.07, 6.45) is 7.44. The van der Waals surface area contributed by atoms with Gasteiger partial charge >= 0.3 is 0 Å². The molecule has 6 rings (SSSR count). The van der Waals surface area contributed by atoms with Crippen LogP contribution in [0.4, 0.5) is 5.82 Å². The molecule has 1 atom stereocenters. The van der Waals surface area contributed by atoms with Gasteiger partial charge in [-0.1, -0.05) is 23.2 Å². The fourth-order valence-corrected chi connectivity index (χ4v) is 5.53. The van der Waals surface area contributed by atoms with Crippen molar-refractivity contribution in [1.82, 2.24) is 25.5 Å². The summed E-state index contributed by atoms with van der Waals surface area (Å²) in [5, 5.41) is 13.3. The topological polar surface area (TPSA) is 79.0 Å². The lowest BCUT2D eigenvalue weighted by atomic mass is 9.92. The van der Waals surface area contributed by atoms with Gasteiger partial charge in [-0.3, -0.25) is 10.1 Å². The predicted molar refractivity (Wildman–Crippen MR) is 144 cm³/mol. The van der Waals surface area contributed by atoms with Crippen molar-refractivity contribution in [3.8, 4) is 17.0 Å². The zero-order chi connectivity index (χ0) is 24.9. The van der Waals surface area contributed by atoms with Crippen molar-refractivity contribution in [2.24, 2.45) is 5.92 Å². The Kier molecular flexibility index (Phi) is 6.02. The summed E-state index contributed by atoms with van der Waals surface area (Å²) >= 11 is 12.6. The molecule has 1 aliphatic heterocycles. The van der Waals surface area contributed by atoms with E-state index in [4.69, 9.17) is 32.9 Å². The van der Waals surface area contributed by atoms with E-state index in [1.165, 1.54) is 12.8 Å². The Labute approximate surface area is 220 Å². The van der Waals surface area contributed by atoms with E-state index < -0.39 is 0 Å². The minimum absolute atomic E-state index is 0.180. The van der Waals surface area contributed by atoms with Crippen molar-refractivity contribution in [2.45, 2.75) is 38.3 Å². The Morgan fingerprint density at radius 2 is 1.92 bits per heavy atom. The SMILES string of the molecule is C[C@@H](Oc1ccc2[nH]nc(-c3ccc(N4CC(C)(NCC5CC5)C4)nc3)c2c1)c1c(Cl)cncc1Cl. The van der Waals surface area contributed by atoms with Gasteiger partial charge in [0, 0.05) is 48.2 Å². The number of benzene rings is 1. The van der Waals surface area contributed by atoms with Gasteiger partial charge in [-0.2, -0.15) is 5.10 Å². The number of halogens is 2. The zero-order valence-corrected chi connectivity index (χ0v) is 21.8. The van der Waals surface area contributed by atoms with Crippen LogP contribution in [0.3, 0.4) is 0 Å². The van der Waals surface area contributed by atoms with Crippen LogP contribution < -0.4 is 15.0 Å². The van der Waals surface area contributed by atoms with Gasteiger partial charge in [-0.05, 0) is 69.5 Å². The second kappa shape index (κ2) is 9.21. The highest BCUT2D eigenvalue weighted by Gasteiger charge is 2.40. The molecule has 0 bridgehead atoms. The number of pyridine rings is 2. The first kappa shape index (κ1) is 23.5. The molecule has 36 heavy (non-hydrogen) atoms. The summed E-state index contributed by atoms with van der Waals surface area (Å²) in [6.45, 7) is 7.30. The van der Waals surface area contributed by atoms with Crippen LogP contribution in [-0.2, 0) is 0 Å². The summed E-state index contributed by atoms with van der Waals surface area (Å²) in [7, 11) is 0. The van der Waals surface area contributed by atoms with Crippen molar-refractivity contribution in [2.75, 3.05) is 24.5 Å². The number of aromatic nitrogens is 4. The van der Waals surface area contributed by atoms with Crippen LogP contribution in [0.2, 0.25) is 10.0 Å². The number of H-pyrrole nitrogens is 1. The average molecular weight is 523 g/mol. The zero-order valence-electron chi connectivity index (χ0n) is 20.3. The molecule has 0 amide bonds. The number of hydrogen-bond donors (Lipinski definition) is 2. The number of fused-ring (bicyclic) bond motifs is 1. The van der Waals surface area contributed by atoms with E-state index in [-0.39, 0.29) is 11.6 Å². The van der Waals surface area contributed by atoms with E-state index in [0.29, 0.717) is 21.4 Å². The fraction of sp³-hybridized carbons (Fsp3) is 0.370. The maximum atomic E-state index is 6.31. The van der Waals surface area contributed by atoms with Crippen molar-refractivity contribution in [1.29, 1.82) is 0 Å². The lowest BCUT2D eigenvalue weighted by Crippen LogP contribution is -2.68. The normalized spacial score (nSPS) is 17.7. The maximum absolute atomic E-state index is 6.31. The second-order valence-corrected chi connectivity index (χ2v) is 11.0. The minimum Gasteiger partial charge on any atom is -0.486 e. The molecular formula is C27H28Cl2N6O. The summed E-state index contributed by atoms with van der Waals surface area (Å²) in [6, 6.07) is 10.0. The molecule has 0 unspecified atom stereocenters. The quantitative estimate of drug-likeness (QED) is 0.293. The highest BCUT2D eigenvalue weighted by atomic mass is 35.5. The third-order valence-electron chi connectivity index (χ3n) is 7.08. The van der Waals surface area contributed by atoms with Gasteiger partial charge in [0.2, 0.25) is 0 Å². The Hall–Kier alpha value is -2.87. The van der Waals surface area contributed by atoms with Crippen molar-refractivity contribution < 1.29 is 4.74 Å². The van der Waals surface area contributed by atoms with Crippen molar-refractivity contribution in [3.05, 3.63) is 64.5 Å². The van der Waals surface area contributed by atoms with E-state index in [0.717, 1.165) is 53.5 Å². The molecule has 4 heterocycles. The first-order valence-corrected chi connectivity index (χ1v) is 13.0. The average Bonchev–Trinajstić information content (AvgIpc) is 3.59. The standard InChI is InChI=1S/C27H28Cl2N6O/c1-16(25-21(28)12-30-13-22(25)29)36-19-6-7-23-20(9-19)26(34-33-23)18-5-8-24(31-11-18)35-14-27(2,15-35)32-10-17-3-4-17/h5-9,11-13,16-17,32H,3-4,10,14-15H2,1-2H3,(H,33,34)/t16-/m1/s1. The van der Waals surface area contributed by atoms with Crippen LogP contribution in [0, 0.1) is 5.92 Å². The number of hydrogen-bond acceptors (Lipinski definition) is 6. The molecule has 4 aromatic rings. The number of aromatic amines is 1. The molecule has 0 radical (unpaired) electrons. The Morgan fingerprint density at radius 3 is 2.61 bits per heavy atom. The predicted octanol–water partition coefficient (Wildman–Crippen LogP) is 6.05. The molecule has 2 fully saturated rings. The number of ether oxygens (including phenoxy) is 1. The lowest BCUT2D eigenvalue weighted by molar-refractivity contribution is 0.227. The first-order chi connectivity index (χ1) is 17.4. The van der Waals surface area contributed by atoms with E-state index in [1.54, 1.807) is 12.4 Å². The summed E-state index contributed by atoms with van der Waals surface area (Å²) in [4.78, 5) is 11.1. The third-order valence-corrected chi connectivity index (χ3v) is 7.69. The number of rotatable bonds is 8. The molecule has 3 aromatic heterocycles. The monoisotopic (exact) mass is 522 g/mol. The van der Waals surface area contributed by atoms with Crippen LogP contribution in [0.15, 0.2) is 48.9 Å². The van der Waals surface area contributed by atoms with Crippen LogP contribution in [0.1, 0.15) is 38.4 Å². The smallest absolute Gasteiger partial charge is 0.128 e. The molecule has 7 nitrogen and oxygen atoms in total. The highest BCUT2D eigenvalue weighted by Crippen LogP contribution is 2.35. The number of nitrogens with zero attached hydrogens (tertiary/aromatic N) is 4. The van der Waals surface area contributed by atoms with Gasteiger partial charge in [-0.25, -0.2) is 4.98 Å². The van der Waals surface area contributed by atoms with Crippen molar-refractivity contribution >= 4 is 39.9 Å². The van der Waals surface area contributed by atoms with Crippen LogP contribution in [-0.4, -0.2) is 45.3 Å². The van der Waals surface area contributed by atoms with Gasteiger partial charge < -0.3 is 15.0 Å². The van der Waals surface area contributed by atoms with Crippen LogP contribution >= 0.6 is 23.2 Å². The Morgan fingerprint density at radius 1 is 1.14 bits per heavy atom. The van der Waals surface area contributed by atoms with Gasteiger partial charge in [0.1, 0.15) is 23.4 Å². The summed E-state index contributed by atoms with van der Waals surface area (Å²) in [5.41, 5.74) is 3.60. The maximum Gasteiger partial charge on any atom is 0.128 e. The molecule has 9 heteroatoms. The number of nitrogens with one attached hydrogen (secondary N) is 2. The third kappa shape index (κ3) is 4.63. The highest BCUT2D eigenvalue weighted by molar-refractivity contribution is 6.35. The van der Waals surface area contributed by atoms with Gasteiger partial charge in [0.15, 0.2) is 0 Å². The molecular weight excluding hydrogens is 495 g/mol. The number of anilines is 1. The molecule has 186 valence electrons.